The molecule has 142 valence electrons. The highest BCUT2D eigenvalue weighted by Crippen LogP contribution is 2.18. The van der Waals surface area contributed by atoms with E-state index >= 15 is 0 Å². The van der Waals surface area contributed by atoms with Gasteiger partial charge in [0.05, 0.1) is 4.90 Å². The maximum absolute atomic E-state index is 12.2. The number of benzene rings is 1. The molecule has 8 heteroatoms. The number of nitrogens with zero attached hydrogens (tertiary/aromatic N) is 1. The molecule has 1 atom stereocenters. The fourth-order valence-corrected chi connectivity index (χ4v) is 4.12. The van der Waals surface area contributed by atoms with Gasteiger partial charge in [0.15, 0.2) is 5.96 Å². The first-order chi connectivity index (χ1) is 12.5. The lowest BCUT2D eigenvalue weighted by molar-refractivity contribution is 0.580. The minimum absolute atomic E-state index is 0.269. The van der Waals surface area contributed by atoms with Gasteiger partial charge in [-0.25, -0.2) is 13.1 Å². The topological polar surface area (TPSA) is 82.6 Å². The molecule has 0 aliphatic heterocycles. The second-order valence-electron chi connectivity index (χ2n) is 5.81. The van der Waals surface area contributed by atoms with Crippen molar-refractivity contribution in [1.82, 2.24) is 15.4 Å². The highest BCUT2D eigenvalue weighted by atomic mass is 32.2. The molecule has 6 nitrogen and oxygen atoms in total. The summed E-state index contributed by atoms with van der Waals surface area (Å²) < 4.78 is 26.9. The Labute approximate surface area is 159 Å². The molecule has 3 N–H and O–H groups in total. The van der Waals surface area contributed by atoms with E-state index in [4.69, 9.17) is 0 Å². The fourth-order valence-electron chi connectivity index (χ4n) is 2.28. The number of thiophene rings is 1. The second-order valence-corrected chi connectivity index (χ2v) is 8.36. The average Bonchev–Trinajstić information content (AvgIpc) is 3.18. The smallest absolute Gasteiger partial charge is 0.240 e. The Hall–Kier alpha value is -1.90. The summed E-state index contributed by atoms with van der Waals surface area (Å²) >= 11 is 1.68. The lowest BCUT2D eigenvalue weighted by atomic mass is 10.1. The number of nitrogens with one attached hydrogen (secondary N) is 3. The van der Waals surface area contributed by atoms with Crippen LogP contribution in [0.3, 0.4) is 0 Å². The van der Waals surface area contributed by atoms with Gasteiger partial charge < -0.3 is 10.6 Å². The quantitative estimate of drug-likeness (QED) is 0.346. The Morgan fingerprint density at radius 2 is 1.92 bits per heavy atom. The molecule has 0 aliphatic rings. The zero-order valence-corrected chi connectivity index (χ0v) is 16.7. The molecule has 1 heterocycles. The fraction of sp³-hybridized carbons (Fsp3) is 0.389. The predicted molar refractivity (Wildman–Crippen MR) is 108 cm³/mol. The molecule has 0 fully saturated rings. The van der Waals surface area contributed by atoms with Crippen molar-refractivity contribution in [3.63, 3.8) is 0 Å². The summed E-state index contributed by atoms with van der Waals surface area (Å²) in [5.41, 5.74) is 1.28. The van der Waals surface area contributed by atoms with E-state index in [9.17, 15) is 8.42 Å². The Morgan fingerprint density at radius 1 is 1.15 bits per heavy atom. The summed E-state index contributed by atoms with van der Waals surface area (Å²) in [6, 6.07) is 10.5. The molecule has 0 saturated heterocycles. The van der Waals surface area contributed by atoms with Gasteiger partial charge in [-0.2, -0.15) is 11.3 Å². The zero-order chi connectivity index (χ0) is 18.8. The maximum atomic E-state index is 12.2. The molecular weight excluding hydrogens is 368 g/mol. The molecule has 0 radical (unpaired) electrons. The summed E-state index contributed by atoms with van der Waals surface area (Å²) in [6.07, 6.45) is 0. The number of hydrogen-bond acceptors (Lipinski definition) is 4. The molecule has 0 spiro atoms. The number of guanidine groups is 1. The van der Waals surface area contributed by atoms with Gasteiger partial charge in [-0.15, -0.1) is 0 Å². The van der Waals surface area contributed by atoms with E-state index in [0.29, 0.717) is 25.0 Å². The summed E-state index contributed by atoms with van der Waals surface area (Å²) in [4.78, 5) is 4.85. The lowest BCUT2D eigenvalue weighted by Crippen LogP contribution is -2.41. The van der Waals surface area contributed by atoms with Crippen LogP contribution in [0.5, 0.6) is 0 Å². The Morgan fingerprint density at radius 3 is 2.58 bits per heavy atom. The van der Waals surface area contributed by atoms with Crippen LogP contribution in [0.15, 0.2) is 57.0 Å². The Balaban J connectivity index is 1.82. The van der Waals surface area contributed by atoms with Crippen molar-refractivity contribution in [1.29, 1.82) is 0 Å². The van der Waals surface area contributed by atoms with Crippen LogP contribution in [0.4, 0.5) is 0 Å². The van der Waals surface area contributed by atoms with E-state index in [-0.39, 0.29) is 11.4 Å². The van der Waals surface area contributed by atoms with Crippen molar-refractivity contribution in [2.24, 2.45) is 4.99 Å². The monoisotopic (exact) mass is 394 g/mol. The minimum Gasteiger partial charge on any atom is -0.357 e. The molecule has 0 saturated carbocycles. The summed E-state index contributed by atoms with van der Waals surface area (Å²) in [6.45, 7) is 6.28. The van der Waals surface area contributed by atoms with Gasteiger partial charge in [-0.1, -0.05) is 25.1 Å². The van der Waals surface area contributed by atoms with Gasteiger partial charge in [0.2, 0.25) is 10.0 Å². The van der Waals surface area contributed by atoms with E-state index in [1.54, 1.807) is 41.7 Å². The van der Waals surface area contributed by atoms with Crippen molar-refractivity contribution in [2.75, 3.05) is 26.2 Å². The first kappa shape index (κ1) is 20.4. The molecule has 1 aromatic carbocycles. The predicted octanol–water partition coefficient (Wildman–Crippen LogP) is 2.39. The average molecular weight is 395 g/mol. The third-order valence-corrected chi connectivity index (χ3v) is 5.92. The summed E-state index contributed by atoms with van der Waals surface area (Å²) in [5, 5.41) is 10.5. The zero-order valence-electron chi connectivity index (χ0n) is 15.1. The number of hydrogen-bond donors (Lipinski definition) is 3. The van der Waals surface area contributed by atoms with Crippen LogP contribution in [-0.4, -0.2) is 40.6 Å². The van der Waals surface area contributed by atoms with Crippen LogP contribution in [0.25, 0.3) is 0 Å². The van der Waals surface area contributed by atoms with E-state index in [0.717, 1.165) is 6.54 Å². The standard InChI is InChI=1S/C18H26N4O2S2/c1-3-19-18(21-13-15(2)16-9-12-25-14-16)20-10-11-22-26(23,24)17-7-5-4-6-8-17/h4-9,12,14-15,22H,3,10-11,13H2,1-2H3,(H2,19,20,21). The Bertz CT molecular complexity index is 775. The van der Waals surface area contributed by atoms with Gasteiger partial charge in [-0.3, -0.25) is 4.99 Å². The molecule has 2 rings (SSSR count). The third kappa shape index (κ3) is 6.44. The largest absolute Gasteiger partial charge is 0.357 e. The van der Waals surface area contributed by atoms with Crippen LogP contribution in [0.1, 0.15) is 25.3 Å². The van der Waals surface area contributed by atoms with E-state index in [1.165, 1.54) is 5.56 Å². The molecule has 26 heavy (non-hydrogen) atoms. The van der Waals surface area contributed by atoms with Crippen molar-refractivity contribution in [3.8, 4) is 0 Å². The third-order valence-electron chi connectivity index (χ3n) is 3.74. The SMILES string of the molecule is CCNC(=NCC(C)c1ccsc1)NCCNS(=O)(=O)c1ccccc1. The molecule has 1 aromatic heterocycles. The summed E-state index contributed by atoms with van der Waals surface area (Å²) in [5.74, 6) is 1.03. The first-order valence-electron chi connectivity index (χ1n) is 8.62. The first-order valence-corrected chi connectivity index (χ1v) is 11.0. The van der Waals surface area contributed by atoms with Crippen molar-refractivity contribution in [2.45, 2.75) is 24.7 Å². The van der Waals surface area contributed by atoms with Crippen molar-refractivity contribution < 1.29 is 8.42 Å². The Kier molecular flexibility index (Phi) is 8.08. The second kappa shape index (κ2) is 10.3. The number of aliphatic imine (C=N–C) groups is 1. The van der Waals surface area contributed by atoms with Gasteiger partial charge in [-0.05, 0) is 41.4 Å². The van der Waals surface area contributed by atoms with Gasteiger partial charge in [0.1, 0.15) is 0 Å². The van der Waals surface area contributed by atoms with E-state index in [1.807, 2.05) is 6.92 Å². The molecule has 0 amide bonds. The van der Waals surface area contributed by atoms with E-state index in [2.05, 4.69) is 44.1 Å². The van der Waals surface area contributed by atoms with Crippen molar-refractivity contribution >= 4 is 27.3 Å². The molecule has 1 unspecified atom stereocenters. The molecule has 0 bridgehead atoms. The van der Waals surface area contributed by atoms with Crippen LogP contribution < -0.4 is 15.4 Å². The van der Waals surface area contributed by atoms with Crippen molar-refractivity contribution in [3.05, 3.63) is 52.7 Å². The molecular formula is C18H26N4O2S2. The van der Waals surface area contributed by atoms with E-state index < -0.39 is 10.0 Å². The highest BCUT2D eigenvalue weighted by molar-refractivity contribution is 7.89. The van der Waals surface area contributed by atoms with Gasteiger partial charge >= 0.3 is 0 Å². The van der Waals surface area contributed by atoms with Crippen LogP contribution in [0.2, 0.25) is 0 Å². The number of rotatable bonds is 9. The molecule has 2 aromatic rings. The van der Waals surface area contributed by atoms with Gasteiger partial charge in [0, 0.05) is 32.1 Å². The number of sulfonamides is 1. The minimum atomic E-state index is -3.47. The molecule has 0 aliphatic carbocycles. The van der Waals surface area contributed by atoms with Gasteiger partial charge in [0.25, 0.3) is 0 Å². The highest BCUT2D eigenvalue weighted by Gasteiger charge is 2.12. The maximum Gasteiger partial charge on any atom is 0.240 e. The summed E-state index contributed by atoms with van der Waals surface area (Å²) in [7, 11) is -3.47. The van der Waals surface area contributed by atoms with Crippen LogP contribution in [-0.2, 0) is 10.0 Å². The normalized spacial score (nSPS) is 13.4. The van der Waals surface area contributed by atoms with Crippen LogP contribution in [0, 0.1) is 0 Å². The lowest BCUT2D eigenvalue weighted by Gasteiger charge is -2.13. The van der Waals surface area contributed by atoms with Crippen LogP contribution >= 0.6 is 11.3 Å².